The molecule has 0 aliphatic rings. The van der Waals surface area contributed by atoms with Crippen LogP contribution in [0.2, 0.25) is 0 Å². The van der Waals surface area contributed by atoms with Crippen molar-refractivity contribution in [1.29, 1.82) is 0 Å². The maximum atomic E-state index is 12.1. The van der Waals surface area contributed by atoms with Gasteiger partial charge < -0.3 is 14.0 Å². The molecule has 1 heterocycles. The van der Waals surface area contributed by atoms with Gasteiger partial charge in [0.05, 0.1) is 12.2 Å². The van der Waals surface area contributed by atoms with Crippen molar-refractivity contribution in [2.45, 2.75) is 20.1 Å². The Hall–Kier alpha value is -2.99. The molecule has 6 heteroatoms. The molecule has 128 valence electrons. The molecule has 3 rings (SSSR count). The number of hydrogen-bond donors (Lipinski definition) is 0. The first-order valence-electron chi connectivity index (χ1n) is 7.80. The average Bonchev–Trinajstić information content (AvgIpc) is 3.10. The zero-order valence-electron chi connectivity index (χ0n) is 14.1. The van der Waals surface area contributed by atoms with Crippen LogP contribution in [0, 0.1) is 6.92 Å². The standard InChI is InChI=1S/C19H18N2O4/c1-13-3-7-15(8-4-13)18-20-17(25-21-18)12-24-19(22)16-9-5-14(6-10-16)11-23-2/h3-10H,11-12H2,1-2H3. The van der Waals surface area contributed by atoms with Crippen molar-refractivity contribution in [2.75, 3.05) is 7.11 Å². The molecular formula is C19H18N2O4. The molecule has 0 aliphatic carbocycles. The van der Waals surface area contributed by atoms with Crippen molar-refractivity contribution >= 4 is 5.97 Å². The lowest BCUT2D eigenvalue weighted by atomic mass is 10.1. The number of hydrogen-bond acceptors (Lipinski definition) is 6. The molecule has 0 bridgehead atoms. The van der Waals surface area contributed by atoms with E-state index >= 15 is 0 Å². The molecule has 0 fully saturated rings. The third-order valence-electron chi connectivity index (χ3n) is 3.61. The largest absolute Gasteiger partial charge is 0.452 e. The van der Waals surface area contributed by atoms with Gasteiger partial charge in [-0.1, -0.05) is 47.1 Å². The van der Waals surface area contributed by atoms with Gasteiger partial charge in [0.1, 0.15) is 0 Å². The molecule has 0 N–H and O–H groups in total. The summed E-state index contributed by atoms with van der Waals surface area (Å²) < 4.78 is 15.4. The van der Waals surface area contributed by atoms with E-state index in [4.69, 9.17) is 14.0 Å². The van der Waals surface area contributed by atoms with Crippen LogP contribution >= 0.6 is 0 Å². The highest BCUT2D eigenvalue weighted by atomic mass is 16.6. The Morgan fingerprint density at radius 2 is 1.76 bits per heavy atom. The Balaban J connectivity index is 1.60. The third kappa shape index (κ3) is 4.30. The SMILES string of the molecule is COCc1ccc(C(=O)OCc2nc(-c3ccc(C)cc3)no2)cc1. The van der Waals surface area contributed by atoms with Gasteiger partial charge in [-0.05, 0) is 24.6 Å². The molecule has 0 aliphatic heterocycles. The van der Waals surface area contributed by atoms with Crippen LogP contribution in [0.15, 0.2) is 53.1 Å². The number of carbonyl (C=O) groups excluding carboxylic acids is 1. The Morgan fingerprint density at radius 3 is 2.44 bits per heavy atom. The van der Waals surface area contributed by atoms with Crippen molar-refractivity contribution in [3.8, 4) is 11.4 Å². The summed E-state index contributed by atoms with van der Waals surface area (Å²) in [7, 11) is 1.62. The smallest absolute Gasteiger partial charge is 0.338 e. The fraction of sp³-hybridized carbons (Fsp3) is 0.211. The molecule has 1 aromatic heterocycles. The first-order chi connectivity index (χ1) is 12.2. The van der Waals surface area contributed by atoms with Crippen molar-refractivity contribution in [3.63, 3.8) is 0 Å². The Kier molecular flexibility index (Phi) is 5.20. The molecule has 3 aromatic rings. The predicted octanol–water partition coefficient (Wildman–Crippen LogP) is 3.55. The van der Waals surface area contributed by atoms with Crippen molar-refractivity contribution in [3.05, 3.63) is 71.1 Å². The van der Waals surface area contributed by atoms with E-state index in [9.17, 15) is 4.79 Å². The fourth-order valence-electron chi connectivity index (χ4n) is 2.25. The number of carbonyl (C=O) groups is 1. The van der Waals surface area contributed by atoms with Gasteiger partial charge in [0.15, 0.2) is 6.61 Å². The first kappa shape index (κ1) is 16.9. The minimum Gasteiger partial charge on any atom is -0.452 e. The average molecular weight is 338 g/mol. The van der Waals surface area contributed by atoms with Gasteiger partial charge in [-0.2, -0.15) is 4.98 Å². The monoisotopic (exact) mass is 338 g/mol. The molecular weight excluding hydrogens is 320 g/mol. The summed E-state index contributed by atoms with van der Waals surface area (Å²) in [6.45, 7) is 2.43. The Bertz CT molecular complexity index is 839. The zero-order chi connectivity index (χ0) is 17.6. The third-order valence-corrected chi connectivity index (χ3v) is 3.61. The number of aromatic nitrogens is 2. The van der Waals surface area contributed by atoms with Gasteiger partial charge in [-0.3, -0.25) is 0 Å². The lowest BCUT2D eigenvalue weighted by molar-refractivity contribution is 0.0429. The molecule has 0 amide bonds. The molecule has 0 radical (unpaired) electrons. The van der Waals surface area contributed by atoms with E-state index in [0.29, 0.717) is 18.0 Å². The second-order valence-corrected chi connectivity index (χ2v) is 5.58. The highest BCUT2D eigenvalue weighted by molar-refractivity contribution is 5.89. The summed E-state index contributed by atoms with van der Waals surface area (Å²) in [5, 5.41) is 3.91. The molecule has 0 unspecified atom stereocenters. The van der Waals surface area contributed by atoms with E-state index < -0.39 is 5.97 Å². The summed E-state index contributed by atoms with van der Waals surface area (Å²) in [6.07, 6.45) is 0. The lowest BCUT2D eigenvalue weighted by Crippen LogP contribution is -2.05. The quantitative estimate of drug-likeness (QED) is 0.640. The zero-order valence-corrected chi connectivity index (χ0v) is 14.1. The van der Waals surface area contributed by atoms with Crippen LogP contribution in [0.4, 0.5) is 0 Å². The van der Waals surface area contributed by atoms with Crippen LogP contribution in [-0.2, 0) is 22.7 Å². The summed E-state index contributed by atoms with van der Waals surface area (Å²) in [5.74, 6) is 0.272. The summed E-state index contributed by atoms with van der Waals surface area (Å²) in [6, 6.07) is 14.8. The number of aryl methyl sites for hydroxylation is 1. The minimum atomic E-state index is -0.445. The van der Waals surface area contributed by atoms with Crippen molar-refractivity contribution < 1.29 is 18.8 Å². The molecule has 0 saturated carbocycles. The molecule has 2 aromatic carbocycles. The van der Waals surface area contributed by atoms with Crippen molar-refractivity contribution in [1.82, 2.24) is 10.1 Å². The molecule has 0 atom stereocenters. The Labute approximate surface area is 145 Å². The van der Waals surface area contributed by atoms with Gasteiger partial charge in [0, 0.05) is 12.7 Å². The molecule has 6 nitrogen and oxygen atoms in total. The second kappa shape index (κ2) is 7.72. The van der Waals surface area contributed by atoms with E-state index in [1.807, 2.05) is 43.3 Å². The summed E-state index contributed by atoms with van der Waals surface area (Å²) >= 11 is 0. The summed E-state index contributed by atoms with van der Waals surface area (Å²) in [4.78, 5) is 16.3. The number of rotatable bonds is 6. The normalized spacial score (nSPS) is 10.6. The molecule has 0 spiro atoms. The number of nitrogens with zero attached hydrogens (tertiary/aromatic N) is 2. The highest BCUT2D eigenvalue weighted by Gasteiger charge is 2.12. The van der Waals surface area contributed by atoms with Gasteiger partial charge in [0.2, 0.25) is 5.82 Å². The van der Waals surface area contributed by atoms with Gasteiger partial charge in [0.25, 0.3) is 5.89 Å². The number of esters is 1. The molecule has 0 saturated heterocycles. The van der Waals surface area contributed by atoms with Crippen LogP contribution in [0.1, 0.15) is 27.4 Å². The van der Waals surface area contributed by atoms with Gasteiger partial charge in [-0.25, -0.2) is 4.79 Å². The highest BCUT2D eigenvalue weighted by Crippen LogP contribution is 2.17. The van der Waals surface area contributed by atoms with Crippen molar-refractivity contribution in [2.24, 2.45) is 0 Å². The topological polar surface area (TPSA) is 74.5 Å². The number of benzene rings is 2. The van der Waals surface area contributed by atoms with E-state index in [-0.39, 0.29) is 12.5 Å². The van der Waals surface area contributed by atoms with E-state index in [2.05, 4.69) is 10.1 Å². The predicted molar refractivity (Wildman–Crippen MR) is 90.7 cm³/mol. The van der Waals surface area contributed by atoms with Gasteiger partial charge >= 0.3 is 5.97 Å². The second-order valence-electron chi connectivity index (χ2n) is 5.58. The minimum absolute atomic E-state index is 0.0719. The number of ether oxygens (including phenoxy) is 2. The van der Waals surface area contributed by atoms with E-state index in [1.54, 1.807) is 19.2 Å². The Morgan fingerprint density at radius 1 is 1.04 bits per heavy atom. The maximum absolute atomic E-state index is 12.1. The van der Waals surface area contributed by atoms with Crippen LogP contribution in [0.5, 0.6) is 0 Å². The van der Waals surface area contributed by atoms with Crippen LogP contribution < -0.4 is 0 Å². The summed E-state index contributed by atoms with van der Waals surface area (Å²) in [5.41, 5.74) is 3.44. The van der Waals surface area contributed by atoms with Crippen LogP contribution in [0.3, 0.4) is 0 Å². The maximum Gasteiger partial charge on any atom is 0.338 e. The van der Waals surface area contributed by atoms with E-state index in [1.165, 1.54) is 0 Å². The van der Waals surface area contributed by atoms with E-state index in [0.717, 1.165) is 16.7 Å². The molecule has 25 heavy (non-hydrogen) atoms. The number of methoxy groups -OCH3 is 1. The fourth-order valence-corrected chi connectivity index (χ4v) is 2.25. The van der Waals surface area contributed by atoms with Gasteiger partial charge in [-0.15, -0.1) is 0 Å². The van der Waals surface area contributed by atoms with Crippen LogP contribution in [-0.4, -0.2) is 23.2 Å². The lowest BCUT2D eigenvalue weighted by Gasteiger charge is -2.03. The first-order valence-corrected chi connectivity index (χ1v) is 7.80. The van der Waals surface area contributed by atoms with Crippen LogP contribution in [0.25, 0.3) is 11.4 Å².